The first-order chi connectivity index (χ1) is 6.19. The van der Waals surface area contributed by atoms with Crippen molar-refractivity contribution in [2.45, 2.75) is 0 Å². The molecule has 0 unspecified atom stereocenters. The van der Waals surface area contributed by atoms with E-state index in [0.717, 1.165) is 0 Å². The molecule has 1 aromatic rings. The Morgan fingerprint density at radius 1 is 1.62 bits per heavy atom. The van der Waals surface area contributed by atoms with Crippen molar-refractivity contribution in [1.82, 2.24) is 0 Å². The quantitative estimate of drug-likeness (QED) is 0.771. The first-order valence-corrected chi connectivity index (χ1v) is 3.90. The molecule has 0 aliphatic rings. The van der Waals surface area contributed by atoms with Crippen molar-refractivity contribution in [2.24, 2.45) is 5.73 Å². The fourth-order valence-corrected chi connectivity index (χ4v) is 1.00. The van der Waals surface area contributed by atoms with Crippen LogP contribution in [-0.4, -0.2) is 13.7 Å². The van der Waals surface area contributed by atoms with Gasteiger partial charge in [0, 0.05) is 6.54 Å². The maximum atomic E-state index is 13.1. The highest BCUT2D eigenvalue weighted by molar-refractivity contribution is 5.65. The standard InChI is InChI=1S/C10H12FNO/c1-7(6-12)8-3-4-10(13-2)9(11)5-8/h3-5H,1,6,12H2,2H3. The van der Waals surface area contributed by atoms with E-state index in [-0.39, 0.29) is 5.75 Å². The van der Waals surface area contributed by atoms with Crippen molar-refractivity contribution in [2.75, 3.05) is 13.7 Å². The SMILES string of the molecule is C=C(CN)c1ccc(OC)c(F)c1. The topological polar surface area (TPSA) is 35.2 Å². The van der Waals surface area contributed by atoms with Crippen molar-refractivity contribution in [1.29, 1.82) is 0 Å². The van der Waals surface area contributed by atoms with Crippen molar-refractivity contribution in [3.05, 3.63) is 36.2 Å². The summed E-state index contributed by atoms with van der Waals surface area (Å²) in [5, 5.41) is 0. The minimum Gasteiger partial charge on any atom is -0.494 e. The number of nitrogens with two attached hydrogens (primary N) is 1. The Labute approximate surface area is 76.8 Å². The van der Waals surface area contributed by atoms with Crippen molar-refractivity contribution >= 4 is 5.57 Å². The third-order valence-corrected chi connectivity index (χ3v) is 1.81. The van der Waals surface area contributed by atoms with E-state index in [1.54, 1.807) is 12.1 Å². The zero-order valence-electron chi connectivity index (χ0n) is 7.51. The Balaban J connectivity index is 3.02. The normalized spacial score (nSPS) is 9.77. The number of ether oxygens (including phenoxy) is 1. The monoisotopic (exact) mass is 181 g/mol. The maximum Gasteiger partial charge on any atom is 0.165 e. The molecular weight excluding hydrogens is 169 g/mol. The minimum absolute atomic E-state index is 0.230. The highest BCUT2D eigenvalue weighted by Gasteiger charge is 2.04. The van der Waals surface area contributed by atoms with Crippen LogP contribution in [0.4, 0.5) is 4.39 Å². The first kappa shape index (κ1) is 9.74. The molecular formula is C10H12FNO. The van der Waals surface area contributed by atoms with Gasteiger partial charge in [0.25, 0.3) is 0 Å². The van der Waals surface area contributed by atoms with E-state index in [1.807, 2.05) is 0 Å². The molecule has 2 nitrogen and oxygen atoms in total. The lowest BCUT2D eigenvalue weighted by Crippen LogP contribution is -2.01. The van der Waals surface area contributed by atoms with E-state index in [1.165, 1.54) is 13.2 Å². The molecule has 70 valence electrons. The van der Waals surface area contributed by atoms with Crippen LogP contribution in [0.3, 0.4) is 0 Å². The number of hydrogen-bond donors (Lipinski definition) is 1. The Bertz CT molecular complexity index is 323. The molecule has 0 spiro atoms. The third kappa shape index (κ3) is 2.06. The molecule has 1 rings (SSSR count). The van der Waals surface area contributed by atoms with E-state index >= 15 is 0 Å². The van der Waals surface area contributed by atoms with Gasteiger partial charge in [-0.1, -0.05) is 12.6 Å². The van der Waals surface area contributed by atoms with Crippen LogP contribution in [0, 0.1) is 5.82 Å². The number of hydrogen-bond acceptors (Lipinski definition) is 2. The summed E-state index contributed by atoms with van der Waals surface area (Å²) in [6.07, 6.45) is 0. The Hall–Kier alpha value is -1.35. The third-order valence-electron chi connectivity index (χ3n) is 1.81. The molecule has 1 aromatic carbocycles. The number of benzene rings is 1. The van der Waals surface area contributed by atoms with Crippen LogP contribution in [0.15, 0.2) is 24.8 Å². The van der Waals surface area contributed by atoms with Crippen LogP contribution in [0.25, 0.3) is 5.57 Å². The molecule has 0 aliphatic carbocycles. The molecule has 0 saturated heterocycles. The van der Waals surface area contributed by atoms with Gasteiger partial charge in [-0.15, -0.1) is 0 Å². The van der Waals surface area contributed by atoms with Gasteiger partial charge in [0.05, 0.1) is 7.11 Å². The highest BCUT2D eigenvalue weighted by atomic mass is 19.1. The van der Waals surface area contributed by atoms with Gasteiger partial charge in [-0.3, -0.25) is 0 Å². The minimum atomic E-state index is -0.394. The zero-order chi connectivity index (χ0) is 9.84. The van der Waals surface area contributed by atoms with E-state index in [2.05, 4.69) is 6.58 Å². The van der Waals surface area contributed by atoms with Crippen LogP contribution >= 0.6 is 0 Å². The molecule has 0 heterocycles. The van der Waals surface area contributed by atoms with Crippen molar-refractivity contribution in [3.8, 4) is 5.75 Å². The van der Waals surface area contributed by atoms with Crippen LogP contribution in [0.2, 0.25) is 0 Å². The molecule has 0 bridgehead atoms. The lowest BCUT2D eigenvalue weighted by atomic mass is 10.1. The van der Waals surface area contributed by atoms with E-state index < -0.39 is 5.82 Å². The smallest absolute Gasteiger partial charge is 0.165 e. The summed E-state index contributed by atoms with van der Waals surface area (Å²) in [5.41, 5.74) is 6.79. The second-order valence-electron chi connectivity index (χ2n) is 2.66. The Morgan fingerprint density at radius 2 is 2.31 bits per heavy atom. The van der Waals surface area contributed by atoms with E-state index in [4.69, 9.17) is 10.5 Å². The van der Waals surface area contributed by atoms with Gasteiger partial charge in [-0.05, 0) is 23.3 Å². The predicted molar refractivity (Wildman–Crippen MR) is 51.0 cm³/mol. The maximum absolute atomic E-state index is 13.1. The molecule has 0 aliphatic heterocycles. The molecule has 0 atom stereocenters. The van der Waals surface area contributed by atoms with Crippen LogP contribution in [0.1, 0.15) is 5.56 Å². The van der Waals surface area contributed by atoms with Gasteiger partial charge in [0.2, 0.25) is 0 Å². The summed E-state index contributed by atoms with van der Waals surface area (Å²) in [4.78, 5) is 0. The van der Waals surface area contributed by atoms with Crippen LogP contribution < -0.4 is 10.5 Å². The van der Waals surface area contributed by atoms with E-state index in [0.29, 0.717) is 17.7 Å². The molecule has 0 fully saturated rings. The number of rotatable bonds is 3. The molecule has 0 radical (unpaired) electrons. The molecule has 0 saturated carbocycles. The molecule has 3 heteroatoms. The molecule has 0 aromatic heterocycles. The summed E-state index contributed by atoms with van der Waals surface area (Å²) in [5.74, 6) is -0.164. The predicted octanol–water partition coefficient (Wildman–Crippen LogP) is 1.81. The molecule has 0 amide bonds. The zero-order valence-corrected chi connectivity index (χ0v) is 7.51. The van der Waals surface area contributed by atoms with Crippen LogP contribution in [0.5, 0.6) is 5.75 Å². The van der Waals surface area contributed by atoms with Crippen LogP contribution in [-0.2, 0) is 0 Å². The van der Waals surface area contributed by atoms with Crippen molar-refractivity contribution < 1.29 is 9.13 Å². The van der Waals surface area contributed by atoms with Gasteiger partial charge >= 0.3 is 0 Å². The second kappa shape index (κ2) is 4.05. The van der Waals surface area contributed by atoms with Gasteiger partial charge in [-0.2, -0.15) is 0 Å². The number of methoxy groups -OCH3 is 1. The lowest BCUT2D eigenvalue weighted by molar-refractivity contribution is 0.386. The first-order valence-electron chi connectivity index (χ1n) is 3.90. The largest absolute Gasteiger partial charge is 0.494 e. The van der Waals surface area contributed by atoms with Gasteiger partial charge in [0.1, 0.15) is 0 Å². The molecule has 13 heavy (non-hydrogen) atoms. The Morgan fingerprint density at radius 3 is 2.77 bits per heavy atom. The lowest BCUT2D eigenvalue weighted by Gasteiger charge is -2.05. The summed E-state index contributed by atoms with van der Waals surface area (Å²) < 4.78 is 17.9. The summed E-state index contributed by atoms with van der Waals surface area (Å²) in [6, 6.07) is 4.66. The van der Waals surface area contributed by atoms with E-state index in [9.17, 15) is 4.39 Å². The summed E-state index contributed by atoms with van der Waals surface area (Å²) >= 11 is 0. The average Bonchev–Trinajstić information content (AvgIpc) is 2.16. The molecule has 2 N–H and O–H groups in total. The van der Waals surface area contributed by atoms with Gasteiger partial charge in [-0.25, -0.2) is 4.39 Å². The van der Waals surface area contributed by atoms with Crippen molar-refractivity contribution in [3.63, 3.8) is 0 Å². The average molecular weight is 181 g/mol. The Kier molecular flexibility index (Phi) is 3.03. The summed E-state index contributed by atoms with van der Waals surface area (Å²) in [7, 11) is 1.43. The fraction of sp³-hybridized carbons (Fsp3) is 0.200. The van der Waals surface area contributed by atoms with Gasteiger partial charge < -0.3 is 10.5 Å². The highest BCUT2D eigenvalue weighted by Crippen LogP contribution is 2.20. The second-order valence-corrected chi connectivity index (χ2v) is 2.66. The number of halogens is 1. The summed E-state index contributed by atoms with van der Waals surface area (Å²) in [6.45, 7) is 4.03. The fourth-order valence-electron chi connectivity index (χ4n) is 1.00. The van der Waals surface area contributed by atoms with Gasteiger partial charge in [0.15, 0.2) is 11.6 Å².